The minimum atomic E-state index is 0.120. The molecule has 0 amide bonds. The molecule has 0 aliphatic carbocycles. The van der Waals surface area contributed by atoms with Gasteiger partial charge >= 0.3 is 0 Å². The molecule has 2 heterocycles. The number of rotatable bonds is 4. The Morgan fingerprint density at radius 2 is 2.21 bits per heavy atom. The Hall–Kier alpha value is -0.610. The van der Waals surface area contributed by atoms with Gasteiger partial charge in [-0.25, -0.2) is 4.98 Å². The number of nitrogens with zero attached hydrogens (tertiary/aromatic N) is 2. The van der Waals surface area contributed by atoms with Crippen molar-refractivity contribution >= 4 is 16.5 Å². The van der Waals surface area contributed by atoms with Gasteiger partial charge in [0.25, 0.3) is 0 Å². The molecule has 0 bridgehead atoms. The molecule has 1 aliphatic heterocycles. The summed E-state index contributed by atoms with van der Waals surface area (Å²) in [7, 11) is 0. The molecule has 0 aromatic carbocycles. The highest BCUT2D eigenvalue weighted by atomic mass is 32.1. The van der Waals surface area contributed by atoms with E-state index in [4.69, 9.17) is 4.98 Å². The maximum atomic E-state index is 9.53. The van der Waals surface area contributed by atoms with Gasteiger partial charge in [-0.05, 0) is 30.6 Å². The van der Waals surface area contributed by atoms with Crippen LogP contribution >= 0.6 is 11.3 Å². The lowest BCUT2D eigenvalue weighted by atomic mass is 9.84. The minimum Gasteiger partial charge on any atom is -0.391 e. The van der Waals surface area contributed by atoms with E-state index in [1.807, 2.05) is 0 Å². The zero-order chi connectivity index (χ0) is 14.0. The van der Waals surface area contributed by atoms with Crippen LogP contribution in [0.5, 0.6) is 0 Å². The van der Waals surface area contributed by atoms with Gasteiger partial charge in [-0.15, -0.1) is 0 Å². The van der Waals surface area contributed by atoms with Gasteiger partial charge in [0.1, 0.15) is 0 Å². The Morgan fingerprint density at radius 1 is 1.47 bits per heavy atom. The molecule has 3 nitrogen and oxygen atoms in total. The van der Waals surface area contributed by atoms with Gasteiger partial charge in [-0.2, -0.15) is 0 Å². The predicted molar refractivity (Wildman–Crippen MR) is 82.0 cm³/mol. The van der Waals surface area contributed by atoms with E-state index < -0.39 is 0 Å². The summed E-state index contributed by atoms with van der Waals surface area (Å²) < 4.78 is 0. The average Bonchev–Trinajstić information content (AvgIpc) is 2.80. The number of hydrogen-bond donors (Lipinski definition) is 1. The lowest BCUT2D eigenvalue weighted by Crippen LogP contribution is -2.40. The van der Waals surface area contributed by atoms with Crippen molar-refractivity contribution in [2.75, 3.05) is 18.0 Å². The molecular formula is C15H26N2OS. The molecule has 0 saturated carbocycles. The molecule has 1 aliphatic rings. The van der Waals surface area contributed by atoms with E-state index in [0.29, 0.717) is 11.3 Å². The van der Waals surface area contributed by atoms with Crippen LogP contribution in [-0.2, 0) is 6.61 Å². The highest BCUT2D eigenvalue weighted by Gasteiger charge is 2.29. The van der Waals surface area contributed by atoms with Crippen LogP contribution in [0.15, 0.2) is 0 Å². The van der Waals surface area contributed by atoms with E-state index in [1.165, 1.54) is 12.8 Å². The molecule has 1 aromatic rings. The normalized spacial score (nSPS) is 20.6. The highest BCUT2D eigenvalue weighted by Crippen LogP contribution is 2.36. The van der Waals surface area contributed by atoms with Crippen molar-refractivity contribution in [2.45, 2.75) is 59.5 Å². The van der Waals surface area contributed by atoms with Gasteiger partial charge in [-0.1, -0.05) is 39.0 Å². The summed E-state index contributed by atoms with van der Waals surface area (Å²) in [5.41, 5.74) is 1.48. The van der Waals surface area contributed by atoms with Gasteiger partial charge in [0.05, 0.1) is 17.2 Å². The smallest absolute Gasteiger partial charge is 0.185 e. The Morgan fingerprint density at radius 3 is 2.79 bits per heavy atom. The molecule has 1 atom stereocenters. The molecule has 0 spiro atoms. The van der Waals surface area contributed by atoms with Gasteiger partial charge in [-0.3, -0.25) is 0 Å². The summed E-state index contributed by atoms with van der Waals surface area (Å²) in [6.07, 6.45) is 3.60. The number of aliphatic hydroxyl groups is 1. The quantitative estimate of drug-likeness (QED) is 0.913. The number of aliphatic hydroxyl groups excluding tert-OH is 1. The van der Waals surface area contributed by atoms with Crippen LogP contribution in [0.1, 0.15) is 63.4 Å². The SMILES string of the molecule is CCC(C)c1nc(N2CCCC(C)(C)C2)sc1CO. The van der Waals surface area contributed by atoms with Crippen molar-refractivity contribution in [1.82, 2.24) is 4.98 Å². The molecule has 4 heteroatoms. The van der Waals surface area contributed by atoms with Crippen molar-refractivity contribution < 1.29 is 5.11 Å². The first-order valence-corrected chi connectivity index (χ1v) is 8.14. The maximum Gasteiger partial charge on any atom is 0.185 e. The van der Waals surface area contributed by atoms with E-state index in [1.54, 1.807) is 11.3 Å². The summed E-state index contributed by atoms with van der Waals surface area (Å²) in [5.74, 6) is 0.435. The van der Waals surface area contributed by atoms with Crippen LogP contribution in [0.4, 0.5) is 5.13 Å². The first-order valence-electron chi connectivity index (χ1n) is 7.32. The van der Waals surface area contributed by atoms with Crippen LogP contribution < -0.4 is 4.90 Å². The van der Waals surface area contributed by atoms with Gasteiger partial charge in [0.15, 0.2) is 5.13 Å². The molecule has 1 saturated heterocycles. The number of thiazole rings is 1. The van der Waals surface area contributed by atoms with Crippen molar-refractivity contribution in [3.05, 3.63) is 10.6 Å². The van der Waals surface area contributed by atoms with E-state index >= 15 is 0 Å². The highest BCUT2D eigenvalue weighted by molar-refractivity contribution is 7.15. The van der Waals surface area contributed by atoms with Crippen molar-refractivity contribution in [3.63, 3.8) is 0 Å². The average molecular weight is 282 g/mol. The first-order chi connectivity index (χ1) is 8.96. The molecule has 2 rings (SSSR count). The lowest BCUT2D eigenvalue weighted by molar-refractivity contribution is 0.283. The molecule has 1 N–H and O–H groups in total. The molecule has 0 radical (unpaired) electrons. The monoisotopic (exact) mass is 282 g/mol. The molecule has 19 heavy (non-hydrogen) atoms. The fraction of sp³-hybridized carbons (Fsp3) is 0.800. The first kappa shape index (κ1) is 14.8. The Balaban J connectivity index is 2.23. The molecular weight excluding hydrogens is 256 g/mol. The molecule has 1 fully saturated rings. The van der Waals surface area contributed by atoms with Gasteiger partial charge in [0, 0.05) is 13.1 Å². The van der Waals surface area contributed by atoms with Crippen LogP contribution in [0.25, 0.3) is 0 Å². The summed E-state index contributed by atoms with van der Waals surface area (Å²) >= 11 is 1.68. The summed E-state index contributed by atoms with van der Waals surface area (Å²) in [6.45, 7) is 11.3. The van der Waals surface area contributed by atoms with E-state index in [2.05, 4.69) is 32.6 Å². The van der Waals surface area contributed by atoms with Crippen LogP contribution in [-0.4, -0.2) is 23.2 Å². The molecule has 1 unspecified atom stereocenters. The van der Waals surface area contributed by atoms with Crippen LogP contribution in [0.2, 0.25) is 0 Å². The number of anilines is 1. The van der Waals surface area contributed by atoms with E-state index in [0.717, 1.165) is 35.2 Å². The number of hydrogen-bond acceptors (Lipinski definition) is 4. The zero-order valence-corrected chi connectivity index (χ0v) is 13.4. The van der Waals surface area contributed by atoms with Gasteiger partial charge < -0.3 is 10.0 Å². The van der Waals surface area contributed by atoms with Gasteiger partial charge in [0.2, 0.25) is 0 Å². The molecule has 108 valence electrons. The summed E-state index contributed by atoms with van der Waals surface area (Å²) in [5, 5.41) is 10.6. The Bertz CT molecular complexity index is 428. The van der Waals surface area contributed by atoms with Crippen molar-refractivity contribution in [2.24, 2.45) is 5.41 Å². The second-order valence-electron chi connectivity index (χ2n) is 6.46. The van der Waals surface area contributed by atoms with Crippen molar-refractivity contribution in [3.8, 4) is 0 Å². The third kappa shape index (κ3) is 3.29. The number of piperidine rings is 1. The standard InChI is InChI=1S/C15H26N2OS/c1-5-11(2)13-12(9-18)19-14(16-13)17-8-6-7-15(3,4)10-17/h11,18H,5-10H2,1-4H3. The largest absolute Gasteiger partial charge is 0.391 e. The minimum absolute atomic E-state index is 0.120. The Kier molecular flexibility index (Phi) is 4.51. The predicted octanol–water partition coefficient (Wildman–Crippen LogP) is 3.78. The molecule has 1 aromatic heterocycles. The lowest BCUT2D eigenvalue weighted by Gasteiger charge is -2.37. The summed E-state index contributed by atoms with van der Waals surface area (Å²) in [4.78, 5) is 8.28. The summed E-state index contributed by atoms with van der Waals surface area (Å²) in [6, 6.07) is 0. The van der Waals surface area contributed by atoms with Crippen molar-refractivity contribution in [1.29, 1.82) is 0 Å². The zero-order valence-electron chi connectivity index (χ0n) is 12.6. The van der Waals surface area contributed by atoms with Crippen LogP contribution in [0.3, 0.4) is 0 Å². The Labute approximate surface area is 120 Å². The number of aromatic nitrogens is 1. The second kappa shape index (κ2) is 5.80. The van der Waals surface area contributed by atoms with Crippen LogP contribution in [0, 0.1) is 5.41 Å². The third-order valence-electron chi connectivity index (χ3n) is 4.11. The van der Waals surface area contributed by atoms with E-state index in [9.17, 15) is 5.11 Å². The van der Waals surface area contributed by atoms with E-state index in [-0.39, 0.29) is 6.61 Å². The topological polar surface area (TPSA) is 36.4 Å². The third-order valence-corrected chi connectivity index (χ3v) is 5.23. The second-order valence-corrected chi connectivity index (χ2v) is 7.52. The maximum absolute atomic E-state index is 9.53. The fourth-order valence-electron chi connectivity index (χ4n) is 2.76. The fourth-order valence-corrected chi connectivity index (χ4v) is 3.83.